The molecule has 1 N–H and O–H groups in total. The highest BCUT2D eigenvalue weighted by molar-refractivity contribution is 7.09. The molecule has 1 aromatic carbocycles. The van der Waals surface area contributed by atoms with Crippen LogP contribution >= 0.6 is 11.3 Å². The summed E-state index contributed by atoms with van der Waals surface area (Å²) in [6, 6.07) is 9.39. The number of aromatic nitrogens is 1. The summed E-state index contributed by atoms with van der Waals surface area (Å²) in [5.74, 6) is -0.0443. The van der Waals surface area contributed by atoms with E-state index in [4.69, 9.17) is 9.47 Å². The fourth-order valence-electron chi connectivity index (χ4n) is 2.18. The molecule has 1 atom stereocenters. The van der Waals surface area contributed by atoms with Gasteiger partial charge in [0.25, 0.3) is 5.91 Å². The summed E-state index contributed by atoms with van der Waals surface area (Å²) < 4.78 is 10.5. The third kappa shape index (κ3) is 3.50. The third-order valence-corrected chi connectivity index (χ3v) is 4.39. The molecule has 1 amide bonds. The summed E-state index contributed by atoms with van der Waals surface area (Å²) >= 11 is 1.34. The first-order chi connectivity index (χ1) is 11.1. The predicted molar refractivity (Wildman–Crippen MR) is 84.3 cm³/mol. The number of carbonyl (C=O) groups excluding carboxylic acids is 2. The van der Waals surface area contributed by atoms with Crippen molar-refractivity contribution in [3.63, 3.8) is 0 Å². The molecule has 2 heterocycles. The first kappa shape index (κ1) is 15.5. The van der Waals surface area contributed by atoms with Gasteiger partial charge in [0.05, 0.1) is 6.61 Å². The lowest BCUT2D eigenvalue weighted by Crippen LogP contribution is -2.49. The number of thiazole rings is 1. The predicted octanol–water partition coefficient (Wildman–Crippen LogP) is 2.16. The van der Waals surface area contributed by atoms with Crippen LogP contribution in [0.15, 0.2) is 35.7 Å². The van der Waals surface area contributed by atoms with E-state index < -0.39 is 11.5 Å². The van der Waals surface area contributed by atoms with Crippen LogP contribution < -0.4 is 10.1 Å². The second-order valence-corrected chi connectivity index (χ2v) is 6.34. The molecule has 1 fully saturated rings. The van der Waals surface area contributed by atoms with Crippen LogP contribution in [0.25, 0.3) is 0 Å². The summed E-state index contributed by atoms with van der Waals surface area (Å²) in [5.41, 5.74) is -0.691. The molecule has 0 radical (unpaired) electrons. The number of benzene rings is 1. The van der Waals surface area contributed by atoms with E-state index >= 15 is 0 Å². The first-order valence-electron chi connectivity index (χ1n) is 7.19. The Labute approximate surface area is 137 Å². The molecule has 0 spiro atoms. The molecule has 0 bridgehead atoms. The number of carbonyl (C=O) groups is 2. The molecule has 7 heteroatoms. The fourth-order valence-corrected chi connectivity index (χ4v) is 2.87. The molecule has 1 aromatic heterocycles. The Morgan fingerprint density at radius 1 is 1.43 bits per heavy atom. The minimum Gasteiger partial charge on any atom is -0.486 e. The Bertz CT molecular complexity index is 716. The van der Waals surface area contributed by atoms with E-state index in [2.05, 4.69) is 10.3 Å². The van der Waals surface area contributed by atoms with Crippen LogP contribution in [-0.4, -0.2) is 29.0 Å². The molecule has 1 unspecified atom stereocenters. The van der Waals surface area contributed by atoms with Crippen LogP contribution in [0.4, 0.5) is 0 Å². The normalized spacial score (nSPS) is 20.1. The van der Waals surface area contributed by atoms with E-state index in [1.54, 1.807) is 12.3 Å². The Hall–Kier alpha value is -2.41. The Morgan fingerprint density at radius 3 is 2.91 bits per heavy atom. The van der Waals surface area contributed by atoms with Gasteiger partial charge in [-0.25, -0.2) is 9.78 Å². The molecule has 2 aromatic rings. The van der Waals surface area contributed by atoms with E-state index in [1.165, 1.54) is 11.3 Å². The molecule has 1 aliphatic rings. The lowest BCUT2D eigenvalue weighted by Gasteiger charge is -2.19. The van der Waals surface area contributed by atoms with E-state index in [-0.39, 0.29) is 11.6 Å². The SMILES string of the molecule is CC1(NC(=O)c2csc(COc3ccccc3)n2)CCOC1=O. The summed E-state index contributed by atoms with van der Waals surface area (Å²) in [7, 11) is 0. The summed E-state index contributed by atoms with van der Waals surface area (Å²) in [4.78, 5) is 28.1. The highest BCUT2D eigenvalue weighted by Gasteiger charge is 2.41. The number of rotatable bonds is 5. The maximum atomic E-state index is 12.2. The maximum Gasteiger partial charge on any atom is 0.331 e. The van der Waals surface area contributed by atoms with Gasteiger partial charge in [0.2, 0.25) is 0 Å². The summed E-state index contributed by atoms with van der Waals surface area (Å²) in [5, 5.41) is 5.05. The third-order valence-electron chi connectivity index (χ3n) is 3.57. The van der Waals surface area contributed by atoms with Gasteiger partial charge >= 0.3 is 5.97 Å². The van der Waals surface area contributed by atoms with E-state index in [9.17, 15) is 9.59 Å². The summed E-state index contributed by atoms with van der Waals surface area (Å²) in [6.45, 7) is 2.27. The van der Waals surface area contributed by atoms with E-state index in [0.29, 0.717) is 24.6 Å². The largest absolute Gasteiger partial charge is 0.486 e. The Balaban J connectivity index is 1.60. The van der Waals surface area contributed by atoms with Crippen molar-refractivity contribution in [2.75, 3.05) is 6.61 Å². The number of hydrogen-bond acceptors (Lipinski definition) is 6. The molecule has 1 saturated heterocycles. The van der Waals surface area contributed by atoms with Crippen LogP contribution in [0.3, 0.4) is 0 Å². The Kier molecular flexibility index (Phi) is 4.29. The minimum absolute atomic E-state index is 0.280. The number of para-hydroxylation sites is 1. The number of amides is 1. The highest BCUT2D eigenvalue weighted by Crippen LogP contribution is 2.21. The highest BCUT2D eigenvalue weighted by atomic mass is 32.1. The van der Waals surface area contributed by atoms with Gasteiger partial charge in [0.15, 0.2) is 0 Å². The average Bonchev–Trinajstić information content (AvgIpc) is 3.14. The van der Waals surface area contributed by atoms with Crippen LogP contribution in [0.1, 0.15) is 28.8 Å². The zero-order valence-electron chi connectivity index (χ0n) is 12.6. The van der Waals surface area contributed by atoms with Gasteiger partial charge in [-0.2, -0.15) is 0 Å². The molecular formula is C16H16N2O4S. The molecule has 3 rings (SSSR count). The molecule has 0 saturated carbocycles. The minimum atomic E-state index is -0.971. The van der Waals surface area contributed by atoms with Gasteiger partial charge in [0, 0.05) is 11.8 Å². The van der Waals surface area contributed by atoms with Crippen LogP contribution in [0.5, 0.6) is 5.75 Å². The van der Waals surface area contributed by atoms with Gasteiger partial charge < -0.3 is 14.8 Å². The number of hydrogen-bond donors (Lipinski definition) is 1. The van der Waals surface area contributed by atoms with Crippen LogP contribution in [-0.2, 0) is 16.1 Å². The fraction of sp³-hybridized carbons (Fsp3) is 0.312. The lowest BCUT2D eigenvalue weighted by molar-refractivity contribution is -0.142. The van der Waals surface area contributed by atoms with E-state index in [0.717, 1.165) is 5.75 Å². The molecule has 1 aliphatic heterocycles. The second kappa shape index (κ2) is 6.37. The van der Waals surface area contributed by atoms with Crippen molar-refractivity contribution in [1.29, 1.82) is 0 Å². The number of cyclic esters (lactones) is 1. The standard InChI is InChI=1S/C16H16N2O4S/c1-16(7-8-21-15(16)20)18-14(19)12-10-23-13(17-12)9-22-11-5-3-2-4-6-11/h2-6,10H,7-9H2,1H3,(H,18,19). The Morgan fingerprint density at radius 2 is 2.22 bits per heavy atom. The van der Waals surface area contributed by atoms with Crippen molar-refractivity contribution in [3.8, 4) is 5.75 Å². The lowest BCUT2D eigenvalue weighted by atomic mass is 10.0. The van der Waals surface area contributed by atoms with Crippen molar-refractivity contribution >= 4 is 23.2 Å². The van der Waals surface area contributed by atoms with Gasteiger partial charge in [0.1, 0.15) is 28.6 Å². The quantitative estimate of drug-likeness (QED) is 0.849. The topological polar surface area (TPSA) is 77.5 Å². The average molecular weight is 332 g/mol. The number of esters is 1. The van der Waals surface area contributed by atoms with Crippen molar-refractivity contribution in [3.05, 3.63) is 46.4 Å². The molecule has 23 heavy (non-hydrogen) atoms. The van der Waals surface area contributed by atoms with Crippen LogP contribution in [0.2, 0.25) is 0 Å². The maximum absolute atomic E-state index is 12.2. The molecular weight excluding hydrogens is 316 g/mol. The number of nitrogens with zero attached hydrogens (tertiary/aromatic N) is 1. The van der Waals surface area contributed by atoms with E-state index in [1.807, 2.05) is 30.3 Å². The zero-order chi connectivity index (χ0) is 16.3. The van der Waals surface area contributed by atoms with Crippen molar-refractivity contribution in [2.45, 2.75) is 25.5 Å². The monoisotopic (exact) mass is 332 g/mol. The van der Waals surface area contributed by atoms with Gasteiger partial charge in [-0.1, -0.05) is 18.2 Å². The second-order valence-electron chi connectivity index (χ2n) is 5.40. The van der Waals surface area contributed by atoms with Crippen molar-refractivity contribution < 1.29 is 19.1 Å². The first-order valence-corrected chi connectivity index (χ1v) is 8.07. The molecule has 0 aliphatic carbocycles. The van der Waals surface area contributed by atoms with Crippen molar-refractivity contribution in [1.82, 2.24) is 10.3 Å². The van der Waals surface area contributed by atoms with Crippen LogP contribution in [0, 0.1) is 0 Å². The van der Waals surface area contributed by atoms with Crippen molar-refractivity contribution in [2.24, 2.45) is 0 Å². The van der Waals surface area contributed by atoms with Gasteiger partial charge in [-0.15, -0.1) is 11.3 Å². The number of ether oxygens (including phenoxy) is 2. The number of nitrogens with one attached hydrogen (secondary N) is 1. The summed E-state index contributed by atoms with van der Waals surface area (Å²) in [6.07, 6.45) is 0.464. The molecule has 120 valence electrons. The smallest absolute Gasteiger partial charge is 0.331 e. The zero-order valence-corrected chi connectivity index (χ0v) is 13.4. The molecule has 6 nitrogen and oxygen atoms in total. The van der Waals surface area contributed by atoms with Gasteiger partial charge in [-0.05, 0) is 19.1 Å². The van der Waals surface area contributed by atoms with Gasteiger partial charge in [-0.3, -0.25) is 4.79 Å².